The molecule has 2 unspecified atom stereocenters. The number of nitrogens with two attached hydrogens (primary N) is 1. The standard InChI is InChI=1S/C17H28N4O/c1-4-15-10-21(9-11(2)22-15)17-6-5-16(12(3)19-17)20-14-7-13(18)8-14/h5-6,11,13-15,20H,4,7-10,18H2,1-3H3/t11?,13-,14+,15?. The maximum atomic E-state index is 5.93. The Kier molecular flexibility index (Phi) is 4.54. The number of pyridine rings is 1. The van der Waals surface area contributed by atoms with Gasteiger partial charge in [0, 0.05) is 25.2 Å². The molecule has 0 bridgehead atoms. The third-order valence-electron chi connectivity index (χ3n) is 4.71. The van der Waals surface area contributed by atoms with Crippen molar-refractivity contribution in [2.45, 2.75) is 64.3 Å². The lowest BCUT2D eigenvalue weighted by Crippen LogP contribution is -2.47. The summed E-state index contributed by atoms with van der Waals surface area (Å²) < 4.78 is 5.93. The number of aromatic nitrogens is 1. The van der Waals surface area contributed by atoms with E-state index in [4.69, 9.17) is 15.5 Å². The van der Waals surface area contributed by atoms with E-state index in [-0.39, 0.29) is 6.10 Å². The molecule has 1 aliphatic heterocycles. The van der Waals surface area contributed by atoms with Gasteiger partial charge in [0.1, 0.15) is 5.82 Å². The van der Waals surface area contributed by atoms with Gasteiger partial charge < -0.3 is 20.7 Å². The van der Waals surface area contributed by atoms with E-state index >= 15 is 0 Å². The molecular weight excluding hydrogens is 276 g/mol. The van der Waals surface area contributed by atoms with Crippen molar-refractivity contribution in [2.75, 3.05) is 23.3 Å². The van der Waals surface area contributed by atoms with Crippen molar-refractivity contribution in [2.24, 2.45) is 5.73 Å². The highest BCUT2D eigenvalue weighted by atomic mass is 16.5. The molecule has 2 aliphatic rings. The lowest BCUT2D eigenvalue weighted by molar-refractivity contribution is -0.0174. The van der Waals surface area contributed by atoms with Crippen molar-refractivity contribution in [3.05, 3.63) is 17.8 Å². The summed E-state index contributed by atoms with van der Waals surface area (Å²) in [7, 11) is 0. The van der Waals surface area contributed by atoms with Crippen LogP contribution in [0.1, 0.15) is 38.8 Å². The molecule has 0 radical (unpaired) electrons. The highest BCUT2D eigenvalue weighted by Gasteiger charge is 2.27. The first kappa shape index (κ1) is 15.6. The summed E-state index contributed by atoms with van der Waals surface area (Å²) in [6.07, 6.45) is 3.72. The largest absolute Gasteiger partial charge is 0.381 e. The van der Waals surface area contributed by atoms with Crippen molar-refractivity contribution in [3.63, 3.8) is 0 Å². The molecule has 1 aromatic heterocycles. The maximum absolute atomic E-state index is 5.93. The van der Waals surface area contributed by atoms with Gasteiger partial charge in [0.15, 0.2) is 0 Å². The fourth-order valence-electron chi connectivity index (χ4n) is 3.33. The molecule has 5 nitrogen and oxygen atoms in total. The van der Waals surface area contributed by atoms with Crippen LogP contribution < -0.4 is 16.0 Å². The molecule has 3 N–H and O–H groups in total. The van der Waals surface area contributed by atoms with E-state index in [1.165, 1.54) is 0 Å². The number of hydrogen-bond donors (Lipinski definition) is 2. The second-order valence-corrected chi connectivity index (χ2v) is 6.76. The van der Waals surface area contributed by atoms with Crippen LogP contribution >= 0.6 is 0 Å². The minimum absolute atomic E-state index is 0.259. The van der Waals surface area contributed by atoms with E-state index in [0.29, 0.717) is 18.2 Å². The van der Waals surface area contributed by atoms with Gasteiger partial charge in [0.25, 0.3) is 0 Å². The molecule has 1 saturated heterocycles. The molecule has 1 aromatic rings. The minimum atomic E-state index is 0.259. The van der Waals surface area contributed by atoms with Gasteiger partial charge in [-0.05, 0) is 45.2 Å². The Morgan fingerprint density at radius 2 is 2.14 bits per heavy atom. The molecule has 3 rings (SSSR count). The van der Waals surface area contributed by atoms with Crippen LogP contribution in [0.15, 0.2) is 12.1 Å². The van der Waals surface area contributed by atoms with Gasteiger partial charge in [-0.2, -0.15) is 0 Å². The van der Waals surface area contributed by atoms with Crippen molar-refractivity contribution in [3.8, 4) is 0 Å². The Morgan fingerprint density at radius 3 is 2.77 bits per heavy atom. The van der Waals surface area contributed by atoms with Crippen molar-refractivity contribution < 1.29 is 4.74 Å². The minimum Gasteiger partial charge on any atom is -0.381 e. The van der Waals surface area contributed by atoms with Gasteiger partial charge in [-0.1, -0.05) is 6.92 Å². The van der Waals surface area contributed by atoms with E-state index in [2.05, 4.69) is 43.1 Å². The highest BCUT2D eigenvalue weighted by Crippen LogP contribution is 2.27. The van der Waals surface area contributed by atoms with Gasteiger partial charge in [0.2, 0.25) is 0 Å². The van der Waals surface area contributed by atoms with Crippen LogP contribution in [-0.2, 0) is 4.74 Å². The zero-order chi connectivity index (χ0) is 15.7. The topological polar surface area (TPSA) is 63.4 Å². The normalized spacial score (nSPS) is 31.7. The first-order valence-corrected chi connectivity index (χ1v) is 8.45. The molecule has 0 spiro atoms. The van der Waals surface area contributed by atoms with Crippen LogP contribution in [0.4, 0.5) is 11.5 Å². The number of ether oxygens (including phenoxy) is 1. The van der Waals surface area contributed by atoms with Crippen molar-refractivity contribution in [1.82, 2.24) is 4.98 Å². The molecule has 2 atom stereocenters. The number of nitrogens with zero attached hydrogens (tertiary/aromatic N) is 2. The van der Waals surface area contributed by atoms with E-state index in [0.717, 1.165) is 49.6 Å². The highest BCUT2D eigenvalue weighted by molar-refractivity contribution is 5.54. The van der Waals surface area contributed by atoms with E-state index in [1.54, 1.807) is 0 Å². The van der Waals surface area contributed by atoms with Crippen LogP contribution in [0.2, 0.25) is 0 Å². The summed E-state index contributed by atoms with van der Waals surface area (Å²) in [4.78, 5) is 7.15. The Hall–Kier alpha value is -1.33. The summed E-state index contributed by atoms with van der Waals surface area (Å²) in [6, 6.07) is 5.15. The molecule has 1 aliphatic carbocycles. The Morgan fingerprint density at radius 1 is 1.36 bits per heavy atom. The van der Waals surface area contributed by atoms with Gasteiger partial charge in [0.05, 0.1) is 23.6 Å². The summed E-state index contributed by atoms with van der Waals surface area (Å²) in [6.45, 7) is 8.23. The van der Waals surface area contributed by atoms with Crippen LogP contribution in [0.5, 0.6) is 0 Å². The van der Waals surface area contributed by atoms with Gasteiger partial charge in [-0.15, -0.1) is 0 Å². The molecule has 0 aromatic carbocycles. The van der Waals surface area contributed by atoms with E-state index in [9.17, 15) is 0 Å². The smallest absolute Gasteiger partial charge is 0.129 e. The average molecular weight is 304 g/mol. The summed E-state index contributed by atoms with van der Waals surface area (Å²) >= 11 is 0. The second kappa shape index (κ2) is 6.42. The van der Waals surface area contributed by atoms with Crippen LogP contribution in [0, 0.1) is 6.92 Å². The molecule has 5 heteroatoms. The maximum Gasteiger partial charge on any atom is 0.129 e. The lowest BCUT2D eigenvalue weighted by atomic mass is 9.87. The predicted molar refractivity (Wildman–Crippen MR) is 90.4 cm³/mol. The van der Waals surface area contributed by atoms with Crippen LogP contribution in [-0.4, -0.2) is 42.4 Å². The first-order chi connectivity index (χ1) is 10.5. The third-order valence-corrected chi connectivity index (χ3v) is 4.71. The Labute approximate surface area is 133 Å². The predicted octanol–water partition coefficient (Wildman–Crippen LogP) is 2.30. The summed E-state index contributed by atoms with van der Waals surface area (Å²) in [5.74, 6) is 1.06. The van der Waals surface area contributed by atoms with Crippen LogP contribution in [0.3, 0.4) is 0 Å². The van der Waals surface area contributed by atoms with E-state index < -0.39 is 0 Å². The molecular formula is C17H28N4O. The molecule has 22 heavy (non-hydrogen) atoms. The quantitative estimate of drug-likeness (QED) is 0.893. The number of morpholine rings is 1. The van der Waals surface area contributed by atoms with Crippen molar-refractivity contribution >= 4 is 11.5 Å². The molecule has 122 valence electrons. The molecule has 2 fully saturated rings. The second-order valence-electron chi connectivity index (χ2n) is 6.76. The number of nitrogens with one attached hydrogen (secondary N) is 1. The van der Waals surface area contributed by atoms with Gasteiger partial charge >= 0.3 is 0 Å². The lowest BCUT2D eigenvalue weighted by Gasteiger charge is -2.37. The van der Waals surface area contributed by atoms with E-state index in [1.807, 2.05) is 0 Å². The zero-order valence-corrected chi connectivity index (χ0v) is 13.9. The third kappa shape index (κ3) is 3.36. The number of anilines is 2. The molecule has 0 amide bonds. The molecule has 2 heterocycles. The number of rotatable bonds is 4. The Balaban J connectivity index is 1.68. The monoisotopic (exact) mass is 304 g/mol. The number of hydrogen-bond acceptors (Lipinski definition) is 5. The Bertz CT molecular complexity index is 515. The summed E-state index contributed by atoms with van der Waals surface area (Å²) in [5, 5.41) is 3.55. The zero-order valence-electron chi connectivity index (χ0n) is 13.9. The SMILES string of the molecule is CCC1CN(c2ccc(N[C@H]3C[C@@H](N)C3)c(C)n2)CC(C)O1. The fourth-order valence-corrected chi connectivity index (χ4v) is 3.33. The van der Waals surface area contributed by atoms with Gasteiger partial charge in [-0.3, -0.25) is 0 Å². The van der Waals surface area contributed by atoms with Crippen LogP contribution in [0.25, 0.3) is 0 Å². The summed E-state index contributed by atoms with van der Waals surface area (Å²) in [5.41, 5.74) is 8.04. The first-order valence-electron chi connectivity index (χ1n) is 8.45. The van der Waals surface area contributed by atoms with Crippen molar-refractivity contribution in [1.29, 1.82) is 0 Å². The fraction of sp³-hybridized carbons (Fsp3) is 0.706. The number of aryl methyl sites for hydroxylation is 1. The molecule has 1 saturated carbocycles. The average Bonchev–Trinajstić information content (AvgIpc) is 2.46. The van der Waals surface area contributed by atoms with Gasteiger partial charge in [-0.25, -0.2) is 4.98 Å².